The van der Waals surface area contributed by atoms with E-state index in [1.807, 2.05) is 10.3 Å². The van der Waals surface area contributed by atoms with Crippen LogP contribution < -0.4 is 16.6 Å². The van der Waals surface area contributed by atoms with E-state index >= 15 is 0 Å². The van der Waals surface area contributed by atoms with Crippen molar-refractivity contribution in [1.29, 1.82) is 0 Å². The van der Waals surface area contributed by atoms with E-state index in [2.05, 4.69) is 10.3 Å². The Bertz CT molecular complexity index is 868. The second-order valence-corrected chi connectivity index (χ2v) is 7.61. The van der Waals surface area contributed by atoms with Crippen molar-refractivity contribution < 1.29 is 9.59 Å². The summed E-state index contributed by atoms with van der Waals surface area (Å²) in [5.74, 6) is -0.0812. The van der Waals surface area contributed by atoms with Crippen molar-refractivity contribution in [1.82, 2.24) is 19.8 Å². The van der Waals surface area contributed by atoms with Gasteiger partial charge in [-0.25, -0.2) is 4.98 Å². The van der Waals surface area contributed by atoms with Crippen molar-refractivity contribution in [2.45, 2.75) is 44.7 Å². The number of aromatic nitrogens is 2. The molecular weight excluding hydrogens is 402 g/mol. The third kappa shape index (κ3) is 5.30. The zero-order valence-electron chi connectivity index (χ0n) is 15.6. The van der Waals surface area contributed by atoms with Crippen molar-refractivity contribution in [3.63, 3.8) is 0 Å². The number of amides is 2. The molecule has 1 aliphatic rings. The fraction of sp³-hybridized carbons (Fsp3) is 0.556. The number of nitrogens with one attached hydrogen (secondary N) is 1. The fourth-order valence-electron chi connectivity index (χ4n) is 3.40. The van der Waals surface area contributed by atoms with E-state index in [4.69, 9.17) is 5.73 Å². The number of carbonyl (C=O) groups excluding carboxylic acids is 2. The molecule has 28 heavy (non-hydrogen) atoms. The summed E-state index contributed by atoms with van der Waals surface area (Å²) < 4.78 is 1.49. The van der Waals surface area contributed by atoms with E-state index in [-0.39, 0.29) is 42.2 Å². The average molecular weight is 428 g/mol. The number of rotatable bonds is 7. The normalized spacial score (nSPS) is 16.6. The molecule has 1 fully saturated rings. The Morgan fingerprint density at radius 2 is 2.14 bits per heavy atom. The van der Waals surface area contributed by atoms with Crippen LogP contribution in [0, 0.1) is 0 Å². The molecule has 3 rings (SSSR count). The van der Waals surface area contributed by atoms with Crippen LogP contribution in [0.3, 0.4) is 0 Å². The van der Waals surface area contributed by atoms with Gasteiger partial charge in [-0.3, -0.25) is 19.0 Å². The summed E-state index contributed by atoms with van der Waals surface area (Å²) in [5.41, 5.74) is 5.28. The number of aryl methyl sites for hydroxylation is 1. The number of nitrogens with zero attached hydrogens (tertiary/aromatic N) is 3. The van der Waals surface area contributed by atoms with Gasteiger partial charge < -0.3 is 16.0 Å². The summed E-state index contributed by atoms with van der Waals surface area (Å²) in [4.78, 5) is 43.7. The molecule has 0 radical (unpaired) electrons. The summed E-state index contributed by atoms with van der Waals surface area (Å²) in [6.45, 7) is 1.76. The SMILES string of the molecule is Cl.NCCC(=O)NCC1CCCCN1C(=O)CCn1cnc2sccc2c1=O. The Balaban J connectivity index is 0.00000280. The maximum atomic E-state index is 12.7. The van der Waals surface area contributed by atoms with Crippen molar-refractivity contribution in [3.05, 3.63) is 28.1 Å². The number of thiophene rings is 1. The van der Waals surface area contributed by atoms with Gasteiger partial charge in [-0.2, -0.15) is 0 Å². The first-order valence-corrected chi connectivity index (χ1v) is 10.2. The van der Waals surface area contributed by atoms with E-state index in [0.29, 0.717) is 42.8 Å². The van der Waals surface area contributed by atoms with Crippen molar-refractivity contribution in [2.75, 3.05) is 19.6 Å². The lowest BCUT2D eigenvalue weighted by Crippen LogP contribution is -2.49. The third-order valence-corrected chi connectivity index (χ3v) is 5.69. The Morgan fingerprint density at radius 1 is 1.32 bits per heavy atom. The Morgan fingerprint density at radius 3 is 2.93 bits per heavy atom. The lowest BCUT2D eigenvalue weighted by atomic mass is 10.0. The summed E-state index contributed by atoms with van der Waals surface area (Å²) in [6.07, 6.45) is 4.92. The van der Waals surface area contributed by atoms with Crippen LogP contribution in [0.1, 0.15) is 32.1 Å². The summed E-state index contributed by atoms with van der Waals surface area (Å²) >= 11 is 1.43. The van der Waals surface area contributed by atoms with E-state index in [1.54, 1.807) is 6.07 Å². The summed E-state index contributed by atoms with van der Waals surface area (Å²) in [5, 5.41) is 5.29. The number of hydrogen-bond donors (Lipinski definition) is 2. The molecular formula is C18H26ClN5O3S. The predicted octanol–water partition coefficient (Wildman–Crippen LogP) is 1.12. The smallest absolute Gasteiger partial charge is 0.262 e. The predicted molar refractivity (Wildman–Crippen MR) is 112 cm³/mol. The van der Waals surface area contributed by atoms with Crippen LogP contribution in [0.15, 0.2) is 22.6 Å². The molecule has 1 unspecified atom stereocenters. The molecule has 2 amide bonds. The number of fused-ring (bicyclic) bond motifs is 1. The lowest BCUT2D eigenvalue weighted by molar-refractivity contribution is -0.135. The minimum atomic E-state index is -0.113. The molecule has 1 atom stereocenters. The minimum absolute atomic E-state index is 0. The molecule has 0 saturated carbocycles. The molecule has 3 N–H and O–H groups in total. The van der Waals surface area contributed by atoms with E-state index in [1.165, 1.54) is 22.2 Å². The molecule has 1 aliphatic heterocycles. The molecule has 154 valence electrons. The third-order valence-electron chi connectivity index (χ3n) is 4.87. The highest BCUT2D eigenvalue weighted by molar-refractivity contribution is 7.16. The first kappa shape index (κ1) is 22.3. The van der Waals surface area contributed by atoms with Gasteiger partial charge in [0.05, 0.1) is 11.7 Å². The molecule has 1 saturated heterocycles. The second kappa shape index (κ2) is 10.5. The van der Waals surface area contributed by atoms with Crippen LogP contribution in [0.4, 0.5) is 0 Å². The van der Waals surface area contributed by atoms with Crippen LogP contribution in [0.25, 0.3) is 10.2 Å². The van der Waals surface area contributed by atoms with E-state index in [9.17, 15) is 14.4 Å². The van der Waals surface area contributed by atoms with Crippen LogP contribution in [-0.2, 0) is 16.1 Å². The number of halogens is 1. The Labute approximate surface area is 173 Å². The molecule has 0 aliphatic carbocycles. The van der Waals surface area contributed by atoms with Gasteiger partial charge in [0.2, 0.25) is 11.8 Å². The largest absolute Gasteiger partial charge is 0.354 e. The Kier molecular flexibility index (Phi) is 8.40. The highest BCUT2D eigenvalue weighted by Gasteiger charge is 2.26. The van der Waals surface area contributed by atoms with Crippen molar-refractivity contribution in [2.24, 2.45) is 5.73 Å². The number of hydrogen-bond acceptors (Lipinski definition) is 6. The second-order valence-electron chi connectivity index (χ2n) is 6.71. The van der Waals surface area contributed by atoms with Crippen LogP contribution >= 0.6 is 23.7 Å². The molecule has 0 bridgehead atoms. The zero-order valence-corrected chi connectivity index (χ0v) is 17.3. The molecule has 2 aromatic heterocycles. The highest BCUT2D eigenvalue weighted by atomic mass is 35.5. The van der Waals surface area contributed by atoms with E-state index < -0.39 is 0 Å². The fourth-order valence-corrected chi connectivity index (χ4v) is 4.13. The van der Waals surface area contributed by atoms with Crippen molar-refractivity contribution >= 4 is 45.8 Å². The maximum absolute atomic E-state index is 12.7. The van der Waals surface area contributed by atoms with Crippen LogP contribution in [0.2, 0.25) is 0 Å². The van der Waals surface area contributed by atoms with Crippen molar-refractivity contribution in [3.8, 4) is 0 Å². The zero-order chi connectivity index (χ0) is 19.2. The monoisotopic (exact) mass is 427 g/mol. The first-order valence-electron chi connectivity index (χ1n) is 9.29. The molecule has 8 nitrogen and oxygen atoms in total. The topological polar surface area (TPSA) is 110 Å². The number of carbonyl (C=O) groups is 2. The molecule has 10 heteroatoms. The molecule has 3 heterocycles. The van der Waals surface area contributed by atoms with Crippen LogP contribution in [-0.4, -0.2) is 51.9 Å². The standard InChI is InChI=1S/C18H25N5O3S.ClH/c19-7-4-15(24)20-11-13-3-1-2-8-23(13)16(25)5-9-22-12-21-17-14(18(22)26)6-10-27-17;/h6,10,12-13H,1-5,7-9,11,19H2,(H,20,24);1H. The highest BCUT2D eigenvalue weighted by Crippen LogP contribution is 2.18. The lowest BCUT2D eigenvalue weighted by Gasteiger charge is -2.36. The average Bonchev–Trinajstić information content (AvgIpc) is 3.16. The summed E-state index contributed by atoms with van der Waals surface area (Å²) in [6, 6.07) is 1.76. The van der Waals surface area contributed by atoms with Gasteiger partial charge in [0, 0.05) is 45.1 Å². The Hall–Kier alpha value is -1.97. The van der Waals surface area contributed by atoms with Crippen LogP contribution in [0.5, 0.6) is 0 Å². The van der Waals surface area contributed by atoms with Gasteiger partial charge >= 0.3 is 0 Å². The van der Waals surface area contributed by atoms with Gasteiger partial charge in [0.1, 0.15) is 4.83 Å². The maximum Gasteiger partial charge on any atom is 0.262 e. The van der Waals surface area contributed by atoms with Gasteiger partial charge in [0.15, 0.2) is 0 Å². The summed E-state index contributed by atoms with van der Waals surface area (Å²) in [7, 11) is 0. The van der Waals surface area contributed by atoms with Gasteiger partial charge in [-0.15, -0.1) is 23.7 Å². The number of piperidine rings is 1. The number of nitrogens with two attached hydrogens (primary N) is 1. The first-order chi connectivity index (χ1) is 13.1. The molecule has 2 aromatic rings. The van der Waals surface area contributed by atoms with Gasteiger partial charge in [0.25, 0.3) is 5.56 Å². The van der Waals surface area contributed by atoms with Gasteiger partial charge in [-0.05, 0) is 30.7 Å². The minimum Gasteiger partial charge on any atom is -0.354 e. The van der Waals surface area contributed by atoms with E-state index in [0.717, 1.165) is 19.3 Å². The molecule has 0 aromatic carbocycles. The van der Waals surface area contributed by atoms with Gasteiger partial charge in [-0.1, -0.05) is 0 Å². The number of likely N-dealkylation sites (tertiary alicyclic amines) is 1. The quantitative estimate of drug-likeness (QED) is 0.687. The molecule has 0 spiro atoms.